The Labute approximate surface area is 104 Å². The molecule has 17 heavy (non-hydrogen) atoms. The lowest BCUT2D eigenvalue weighted by molar-refractivity contribution is 0.0867. The van der Waals surface area contributed by atoms with Gasteiger partial charge in [-0.1, -0.05) is 49.9 Å². The van der Waals surface area contributed by atoms with Gasteiger partial charge in [-0.25, -0.2) is 0 Å². The fraction of sp³-hybridized carbons (Fsp3) is 0.600. The number of hydrogen-bond acceptors (Lipinski definition) is 2. The minimum Gasteiger partial charge on any atom is -0.305 e. The van der Waals surface area contributed by atoms with E-state index in [9.17, 15) is 0 Å². The van der Waals surface area contributed by atoms with Crippen LogP contribution in [0.25, 0.3) is 0 Å². The largest absolute Gasteiger partial charge is 0.305 e. The third-order valence-corrected chi connectivity index (χ3v) is 3.70. The van der Waals surface area contributed by atoms with Crippen LogP contribution in [-0.2, 0) is 11.4 Å². The summed E-state index contributed by atoms with van der Waals surface area (Å²) >= 11 is 0. The van der Waals surface area contributed by atoms with Gasteiger partial charge in [0.2, 0.25) is 0 Å². The highest BCUT2D eigenvalue weighted by atomic mass is 16.6. The Morgan fingerprint density at radius 2 is 1.94 bits per heavy atom. The summed E-state index contributed by atoms with van der Waals surface area (Å²) in [6.45, 7) is 0.789. The number of hydroxylamine groups is 1. The van der Waals surface area contributed by atoms with Crippen molar-refractivity contribution in [2.24, 2.45) is 0 Å². The number of benzene rings is 1. The lowest BCUT2D eigenvalue weighted by atomic mass is 9.91. The maximum absolute atomic E-state index is 4.90. The van der Waals surface area contributed by atoms with Crippen molar-refractivity contribution in [1.29, 1.82) is 0 Å². The molecule has 2 nitrogen and oxygen atoms in total. The predicted molar refractivity (Wildman–Crippen MR) is 70.7 cm³/mol. The minimum absolute atomic E-state index is 0.778. The molecule has 94 valence electrons. The van der Waals surface area contributed by atoms with Crippen molar-refractivity contribution in [3.63, 3.8) is 0 Å². The molecule has 2 heteroatoms. The molecular weight excluding hydrogens is 210 g/mol. The second-order valence-corrected chi connectivity index (χ2v) is 4.96. The zero-order valence-corrected chi connectivity index (χ0v) is 10.7. The van der Waals surface area contributed by atoms with Crippen molar-refractivity contribution in [3.05, 3.63) is 35.4 Å². The van der Waals surface area contributed by atoms with Gasteiger partial charge in [0.1, 0.15) is 0 Å². The molecule has 1 fully saturated rings. The molecule has 1 aromatic rings. The molecule has 2 rings (SSSR count). The first-order valence-corrected chi connectivity index (χ1v) is 6.75. The molecule has 0 bridgehead atoms. The first kappa shape index (κ1) is 12.6. The molecule has 0 atom stereocenters. The highest BCUT2D eigenvalue weighted by Gasteiger charge is 2.14. The summed E-state index contributed by atoms with van der Waals surface area (Å²) in [6, 6.07) is 8.95. The quantitative estimate of drug-likeness (QED) is 0.631. The molecule has 1 aliphatic carbocycles. The zero-order chi connectivity index (χ0) is 11.9. The van der Waals surface area contributed by atoms with Crippen molar-refractivity contribution >= 4 is 0 Å². The van der Waals surface area contributed by atoms with Crippen molar-refractivity contribution < 1.29 is 4.84 Å². The van der Waals surface area contributed by atoms with Crippen LogP contribution >= 0.6 is 0 Å². The predicted octanol–water partition coefficient (Wildman–Crippen LogP) is 3.78. The van der Waals surface area contributed by atoms with Gasteiger partial charge in [0.25, 0.3) is 0 Å². The van der Waals surface area contributed by atoms with Crippen molar-refractivity contribution in [1.82, 2.24) is 5.48 Å². The van der Waals surface area contributed by atoms with Crippen LogP contribution < -0.4 is 5.48 Å². The third-order valence-electron chi connectivity index (χ3n) is 3.70. The molecule has 0 saturated heterocycles. The zero-order valence-electron chi connectivity index (χ0n) is 10.7. The van der Waals surface area contributed by atoms with Crippen molar-refractivity contribution in [2.45, 2.75) is 51.0 Å². The summed E-state index contributed by atoms with van der Waals surface area (Å²) in [6.07, 6.45) is 8.35. The minimum atomic E-state index is 0.778. The molecule has 0 aliphatic heterocycles. The summed E-state index contributed by atoms with van der Waals surface area (Å²) < 4.78 is 0. The summed E-state index contributed by atoms with van der Waals surface area (Å²) in [5.74, 6) is 0.778. The Hall–Kier alpha value is -0.860. The summed E-state index contributed by atoms with van der Waals surface area (Å²) in [5.41, 5.74) is 5.74. The van der Waals surface area contributed by atoms with Crippen LogP contribution in [0.15, 0.2) is 24.3 Å². The van der Waals surface area contributed by atoms with Gasteiger partial charge in [0.05, 0.1) is 7.11 Å². The number of rotatable bonds is 4. The lowest BCUT2D eigenvalue weighted by Gasteiger charge is -2.15. The second-order valence-electron chi connectivity index (χ2n) is 4.96. The molecular formula is C15H23NO. The first-order valence-electron chi connectivity index (χ1n) is 6.75. The van der Waals surface area contributed by atoms with Crippen LogP contribution in [0.4, 0.5) is 0 Å². The smallest absolute Gasteiger partial charge is 0.0572 e. The fourth-order valence-corrected chi connectivity index (χ4v) is 2.73. The van der Waals surface area contributed by atoms with E-state index in [2.05, 4.69) is 29.7 Å². The molecule has 1 N–H and O–H groups in total. The Morgan fingerprint density at radius 1 is 1.18 bits per heavy atom. The Morgan fingerprint density at radius 3 is 2.65 bits per heavy atom. The van der Waals surface area contributed by atoms with E-state index in [-0.39, 0.29) is 0 Å². The van der Waals surface area contributed by atoms with Crippen LogP contribution in [0.3, 0.4) is 0 Å². The van der Waals surface area contributed by atoms with Gasteiger partial charge in [-0.05, 0) is 29.9 Å². The Bertz CT molecular complexity index is 329. The van der Waals surface area contributed by atoms with Gasteiger partial charge in [0.15, 0.2) is 0 Å². The average molecular weight is 233 g/mol. The van der Waals surface area contributed by atoms with Gasteiger partial charge in [0, 0.05) is 6.54 Å². The van der Waals surface area contributed by atoms with Gasteiger partial charge >= 0.3 is 0 Å². The molecule has 0 amide bonds. The van der Waals surface area contributed by atoms with E-state index >= 15 is 0 Å². The maximum Gasteiger partial charge on any atom is 0.0572 e. The molecule has 0 aromatic heterocycles. The Kier molecular flexibility index (Phi) is 5.02. The number of hydrogen-bond donors (Lipinski definition) is 1. The molecule has 0 unspecified atom stereocenters. The SMILES string of the molecule is CONCc1cccc(C2CCCCCC2)c1. The van der Waals surface area contributed by atoms with Gasteiger partial charge in [-0.3, -0.25) is 0 Å². The standard InChI is InChI=1S/C15H23NO/c1-17-16-12-13-7-6-10-15(11-13)14-8-4-2-3-5-9-14/h6-7,10-11,14,16H,2-5,8-9,12H2,1H3. The topological polar surface area (TPSA) is 21.3 Å². The monoisotopic (exact) mass is 233 g/mol. The molecule has 0 radical (unpaired) electrons. The normalized spacial score (nSPS) is 17.9. The summed E-state index contributed by atoms with van der Waals surface area (Å²) in [5, 5.41) is 0. The highest BCUT2D eigenvalue weighted by molar-refractivity contribution is 5.26. The second kappa shape index (κ2) is 6.77. The van der Waals surface area contributed by atoms with Gasteiger partial charge in [-0.2, -0.15) is 5.48 Å². The summed E-state index contributed by atoms with van der Waals surface area (Å²) in [4.78, 5) is 4.90. The van der Waals surface area contributed by atoms with Gasteiger partial charge in [-0.15, -0.1) is 0 Å². The van der Waals surface area contributed by atoms with Crippen molar-refractivity contribution in [2.75, 3.05) is 7.11 Å². The molecule has 1 saturated carbocycles. The first-order chi connectivity index (χ1) is 8.40. The van der Waals surface area contributed by atoms with Crippen LogP contribution in [-0.4, -0.2) is 7.11 Å². The van der Waals surface area contributed by atoms with E-state index in [1.165, 1.54) is 49.7 Å². The summed E-state index contributed by atoms with van der Waals surface area (Å²) in [7, 11) is 1.66. The number of nitrogens with one attached hydrogen (secondary N) is 1. The third kappa shape index (κ3) is 3.83. The highest BCUT2D eigenvalue weighted by Crippen LogP contribution is 2.31. The Balaban J connectivity index is 2.03. The molecule has 0 spiro atoms. The maximum atomic E-state index is 4.90. The van der Waals surface area contributed by atoms with E-state index < -0.39 is 0 Å². The van der Waals surface area contributed by atoms with Crippen molar-refractivity contribution in [3.8, 4) is 0 Å². The van der Waals surface area contributed by atoms with Gasteiger partial charge < -0.3 is 4.84 Å². The van der Waals surface area contributed by atoms with Crippen LogP contribution in [0.1, 0.15) is 55.6 Å². The lowest BCUT2D eigenvalue weighted by Crippen LogP contribution is -2.11. The van der Waals surface area contributed by atoms with E-state index in [1.807, 2.05) is 0 Å². The molecule has 0 heterocycles. The molecule has 1 aliphatic rings. The van der Waals surface area contributed by atoms with E-state index in [1.54, 1.807) is 7.11 Å². The van der Waals surface area contributed by atoms with Crippen LogP contribution in [0.2, 0.25) is 0 Å². The van der Waals surface area contributed by atoms with E-state index in [0.717, 1.165) is 12.5 Å². The molecule has 1 aromatic carbocycles. The van der Waals surface area contributed by atoms with E-state index in [0.29, 0.717) is 0 Å². The average Bonchev–Trinajstić information content (AvgIpc) is 2.65. The van der Waals surface area contributed by atoms with Crippen LogP contribution in [0, 0.1) is 0 Å². The van der Waals surface area contributed by atoms with Crippen LogP contribution in [0.5, 0.6) is 0 Å². The van der Waals surface area contributed by atoms with E-state index in [4.69, 9.17) is 4.84 Å². The fourth-order valence-electron chi connectivity index (χ4n) is 2.73.